The topological polar surface area (TPSA) is 59.2 Å². The summed E-state index contributed by atoms with van der Waals surface area (Å²) in [6.45, 7) is 2.53. The Morgan fingerprint density at radius 3 is 2.50 bits per heavy atom. The number of aromatic nitrogens is 1. The molecule has 0 aliphatic heterocycles. The Morgan fingerprint density at radius 1 is 1.15 bits per heavy atom. The normalized spacial score (nSPS) is 12.4. The lowest BCUT2D eigenvalue weighted by atomic mass is 10.1. The first-order valence-electron chi connectivity index (χ1n) is 8.00. The van der Waals surface area contributed by atoms with Gasteiger partial charge in [0.05, 0.1) is 15.8 Å². The van der Waals surface area contributed by atoms with Crippen molar-refractivity contribution in [2.45, 2.75) is 6.92 Å². The zero-order valence-corrected chi connectivity index (χ0v) is 15.6. The van der Waals surface area contributed by atoms with Crippen molar-refractivity contribution in [2.24, 2.45) is 0 Å². The van der Waals surface area contributed by atoms with Crippen LogP contribution in [0.15, 0.2) is 53.3 Å². The van der Waals surface area contributed by atoms with E-state index in [9.17, 15) is 9.59 Å². The van der Waals surface area contributed by atoms with E-state index < -0.39 is 0 Å². The lowest BCUT2D eigenvalue weighted by Crippen LogP contribution is -2.20. The number of nitrogens with one attached hydrogen (secondary N) is 1. The minimum absolute atomic E-state index is 0.188. The lowest BCUT2D eigenvalue weighted by molar-refractivity contribution is 0.106. The monoisotopic (exact) mass is 385 g/mol. The van der Waals surface area contributed by atoms with Crippen LogP contribution in [0.5, 0.6) is 5.75 Å². The second-order valence-electron chi connectivity index (χ2n) is 5.45. The Balaban J connectivity index is 1.89. The summed E-state index contributed by atoms with van der Waals surface area (Å²) in [5, 5.41) is 0.568. The van der Waals surface area contributed by atoms with Crippen LogP contribution in [0.25, 0.3) is 12.2 Å². The second kappa shape index (κ2) is 8.17. The molecular formula is C20H16ClNO3S. The Bertz CT molecular complexity index is 1080. The fraction of sp³-hybridized carbons (Fsp3) is 0.100. The van der Waals surface area contributed by atoms with Gasteiger partial charge in [-0.15, -0.1) is 11.3 Å². The maximum absolute atomic E-state index is 12.3. The molecule has 132 valence electrons. The third-order valence-corrected chi connectivity index (χ3v) is 4.78. The molecule has 3 aromatic rings. The van der Waals surface area contributed by atoms with Gasteiger partial charge in [-0.2, -0.15) is 0 Å². The molecule has 0 spiro atoms. The summed E-state index contributed by atoms with van der Waals surface area (Å²) in [6, 6.07) is 14.1. The Kier molecular flexibility index (Phi) is 5.71. The van der Waals surface area contributed by atoms with E-state index in [1.165, 1.54) is 17.4 Å². The van der Waals surface area contributed by atoms with Crippen LogP contribution in [0.2, 0.25) is 5.02 Å². The average Bonchev–Trinajstić information content (AvgIpc) is 2.96. The third-order valence-electron chi connectivity index (χ3n) is 3.56. The van der Waals surface area contributed by atoms with E-state index in [-0.39, 0.29) is 11.3 Å². The van der Waals surface area contributed by atoms with Crippen molar-refractivity contribution < 1.29 is 9.53 Å². The van der Waals surface area contributed by atoms with Gasteiger partial charge in [-0.1, -0.05) is 23.7 Å². The van der Waals surface area contributed by atoms with Crippen LogP contribution in [0, 0.1) is 0 Å². The van der Waals surface area contributed by atoms with Crippen molar-refractivity contribution >= 4 is 40.9 Å². The summed E-state index contributed by atoms with van der Waals surface area (Å²) in [5.41, 5.74) is 1.18. The predicted octanol–water partition coefficient (Wildman–Crippen LogP) is 2.98. The minimum atomic E-state index is -0.223. The van der Waals surface area contributed by atoms with Gasteiger partial charge in [-0.05, 0) is 55.0 Å². The molecule has 1 heterocycles. The Morgan fingerprint density at radius 2 is 1.85 bits per heavy atom. The molecule has 0 radical (unpaired) electrons. The zero-order chi connectivity index (χ0) is 18.5. The van der Waals surface area contributed by atoms with Crippen LogP contribution in [0.1, 0.15) is 22.8 Å². The fourth-order valence-corrected chi connectivity index (χ4v) is 3.33. The molecule has 0 atom stereocenters. The SMILES string of the molecule is CCOc1ccc(/C=c2/s/c(=C\C(=O)c3ccc(Cl)cc3)[nH]c2=O)cc1. The first-order valence-corrected chi connectivity index (χ1v) is 9.20. The van der Waals surface area contributed by atoms with Crippen molar-refractivity contribution in [1.82, 2.24) is 4.98 Å². The molecule has 6 heteroatoms. The lowest BCUT2D eigenvalue weighted by Gasteiger charge is -2.01. The molecule has 0 saturated heterocycles. The molecule has 0 aliphatic rings. The molecule has 4 nitrogen and oxygen atoms in total. The number of hydrogen-bond donors (Lipinski definition) is 1. The van der Waals surface area contributed by atoms with Gasteiger partial charge in [0.2, 0.25) is 0 Å². The smallest absolute Gasteiger partial charge is 0.266 e. The number of ether oxygens (including phenoxy) is 1. The van der Waals surface area contributed by atoms with Crippen molar-refractivity contribution in [3.05, 3.63) is 84.2 Å². The maximum atomic E-state index is 12.3. The number of H-pyrrole nitrogens is 1. The largest absolute Gasteiger partial charge is 0.494 e. The molecule has 0 saturated carbocycles. The molecule has 0 unspecified atom stereocenters. The minimum Gasteiger partial charge on any atom is -0.494 e. The maximum Gasteiger partial charge on any atom is 0.266 e. The van der Waals surface area contributed by atoms with Crippen LogP contribution >= 0.6 is 22.9 Å². The first-order chi connectivity index (χ1) is 12.5. The van der Waals surface area contributed by atoms with E-state index in [2.05, 4.69) is 4.98 Å². The van der Waals surface area contributed by atoms with Gasteiger partial charge in [-0.3, -0.25) is 9.59 Å². The summed E-state index contributed by atoms with van der Waals surface area (Å²) < 4.78 is 6.44. The molecule has 0 amide bonds. The highest BCUT2D eigenvalue weighted by Gasteiger charge is 2.03. The van der Waals surface area contributed by atoms with Crippen LogP contribution in [-0.4, -0.2) is 17.4 Å². The van der Waals surface area contributed by atoms with Crippen molar-refractivity contribution in [2.75, 3.05) is 6.61 Å². The summed E-state index contributed by atoms with van der Waals surface area (Å²) >= 11 is 7.06. The number of benzene rings is 2. The Hall–Kier alpha value is -2.63. The molecule has 1 N–H and O–H groups in total. The Labute approximate surface area is 159 Å². The van der Waals surface area contributed by atoms with Crippen LogP contribution in [0.3, 0.4) is 0 Å². The standard InChI is InChI=1S/C20H16ClNO3S/c1-2-25-16-9-3-13(4-10-16)11-18-20(24)22-19(26-18)12-17(23)14-5-7-15(21)8-6-14/h3-12H,2H2,1H3,(H,22,24)/b18-11+,19-12-. The number of Topliss-reactive ketones (excluding diaryl/α,β-unsaturated/α-hetero) is 1. The van der Waals surface area contributed by atoms with Crippen molar-refractivity contribution in [1.29, 1.82) is 0 Å². The molecule has 1 aromatic heterocycles. The molecule has 3 rings (SSSR count). The molecule has 0 bridgehead atoms. The number of aromatic amines is 1. The molecule has 2 aromatic carbocycles. The predicted molar refractivity (Wildman–Crippen MR) is 106 cm³/mol. The van der Waals surface area contributed by atoms with E-state index in [1.807, 2.05) is 31.2 Å². The van der Waals surface area contributed by atoms with Crippen LogP contribution in [0.4, 0.5) is 0 Å². The van der Waals surface area contributed by atoms with Gasteiger partial charge in [0.1, 0.15) is 5.75 Å². The fourth-order valence-electron chi connectivity index (χ4n) is 2.32. The van der Waals surface area contributed by atoms with E-state index >= 15 is 0 Å². The number of ketones is 1. The summed E-state index contributed by atoms with van der Waals surface area (Å²) in [6.07, 6.45) is 3.20. The number of thiazole rings is 1. The first kappa shape index (κ1) is 18.2. The van der Waals surface area contributed by atoms with E-state index in [0.717, 1.165) is 11.3 Å². The van der Waals surface area contributed by atoms with Crippen LogP contribution < -0.4 is 19.5 Å². The van der Waals surface area contributed by atoms with Crippen LogP contribution in [-0.2, 0) is 0 Å². The zero-order valence-electron chi connectivity index (χ0n) is 14.0. The van der Waals surface area contributed by atoms with Gasteiger partial charge < -0.3 is 9.72 Å². The summed E-state index contributed by atoms with van der Waals surface area (Å²) in [4.78, 5) is 27.1. The summed E-state index contributed by atoms with van der Waals surface area (Å²) in [5.74, 6) is 0.596. The highest BCUT2D eigenvalue weighted by molar-refractivity contribution is 7.07. The van der Waals surface area contributed by atoms with Gasteiger partial charge in [0.25, 0.3) is 5.56 Å². The average molecular weight is 386 g/mol. The van der Waals surface area contributed by atoms with Gasteiger partial charge in [0, 0.05) is 16.7 Å². The third kappa shape index (κ3) is 4.50. The van der Waals surface area contributed by atoms with Gasteiger partial charge in [-0.25, -0.2) is 0 Å². The molecular weight excluding hydrogens is 370 g/mol. The van der Waals surface area contributed by atoms with Gasteiger partial charge >= 0.3 is 0 Å². The number of carbonyl (C=O) groups excluding carboxylic acids is 1. The molecule has 26 heavy (non-hydrogen) atoms. The van der Waals surface area contributed by atoms with E-state index in [1.54, 1.807) is 30.3 Å². The van der Waals surface area contributed by atoms with E-state index in [0.29, 0.717) is 26.4 Å². The van der Waals surface area contributed by atoms with Gasteiger partial charge in [0.15, 0.2) is 5.78 Å². The highest BCUT2D eigenvalue weighted by Crippen LogP contribution is 2.12. The number of carbonyl (C=O) groups is 1. The van der Waals surface area contributed by atoms with Crippen molar-refractivity contribution in [3.63, 3.8) is 0 Å². The molecule has 0 aliphatic carbocycles. The number of halogens is 1. The number of hydrogen-bond acceptors (Lipinski definition) is 4. The number of rotatable bonds is 5. The highest BCUT2D eigenvalue weighted by atomic mass is 35.5. The summed E-state index contributed by atoms with van der Waals surface area (Å²) in [7, 11) is 0. The molecule has 0 fully saturated rings. The second-order valence-corrected chi connectivity index (χ2v) is 6.97. The van der Waals surface area contributed by atoms with E-state index in [4.69, 9.17) is 16.3 Å². The quantitative estimate of drug-likeness (QED) is 0.687. The van der Waals surface area contributed by atoms with Crippen molar-refractivity contribution in [3.8, 4) is 5.75 Å².